The molecule has 0 saturated carbocycles. The zero-order valence-electron chi connectivity index (χ0n) is 14.9. The molecule has 0 bridgehead atoms. The number of nitrogens with zero attached hydrogens (tertiary/aromatic N) is 1. The number of aryl methyl sites for hydroxylation is 2. The largest absolute Gasteiger partial charge is 0.374 e. The zero-order chi connectivity index (χ0) is 17.5. The van der Waals surface area contributed by atoms with E-state index in [-0.39, 0.29) is 24.1 Å². The summed E-state index contributed by atoms with van der Waals surface area (Å²) in [5.74, 6) is -0.206. The van der Waals surface area contributed by atoms with Gasteiger partial charge in [-0.05, 0) is 63.6 Å². The fourth-order valence-electron chi connectivity index (χ4n) is 3.42. The average Bonchev–Trinajstić information content (AvgIpc) is 3.04. The molecule has 0 radical (unpaired) electrons. The number of imide groups is 1. The van der Waals surface area contributed by atoms with Crippen LogP contribution < -0.4 is 5.32 Å². The van der Waals surface area contributed by atoms with Crippen molar-refractivity contribution in [1.29, 1.82) is 0 Å². The lowest BCUT2D eigenvalue weighted by molar-refractivity contribution is -0.132. The highest BCUT2D eigenvalue weighted by molar-refractivity contribution is 6.07. The van der Waals surface area contributed by atoms with Gasteiger partial charge in [-0.3, -0.25) is 9.69 Å². The van der Waals surface area contributed by atoms with Crippen molar-refractivity contribution >= 4 is 11.9 Å². The van der Waals surface area contributed by atoms with Gasteiger partial charge >= 0.3 is 6.03 Å². The van der Waals surface area contributed by atoms with E-state index in [0.717, 1.165) is 24.8 Å². The third kappa shape index (κ3) is 3.05. The Bertz CT molecular complexity index is 678. The van der Waals surface area contributed by atoms with Gasteiger partial charge in [-0.2, -0.15) is 0 Å². The van der Waals surface area contributed by atoms with Crippen LogP contribution in [0.15, 0.2) is 18.2 Å². The van der Waals surface area contributed by atoms with Gasteiger partial charge in [0, 0.05) is 0 Å². The Kier molecular flexibility index (Phi) is 4.16. The number of benzene rings is 1. The highest BCUT2D eigenvalue weighted by Gasteiger charge is 2.49. The molecule has 130 valence electrons. The molecule has 3 rings (SSSR count). The summed E-state index contributed by atoms with van der Waals surface area (Å²) >= 11 is 0. The van der Waals surface area contributed by atoms with Crippen molar-refractivity contribution in [2.75, 3.05) is 13.2 Å². The normalized spacial score (nSPS) is 23.6. The lowest BCUT2D eigenvalue weighted by atomic mass is 9.90. The first kappa shape index (κ1) is 17.0. The molecule has 0 aromatic heterocycles. The molecule has 1 aliphatic heterocycles. The van der Waals surface area contributed by atoms with Crippen molar-refractivity contribution in [1.82, 2.24) is 10.2 Å². The van der Waals surface area contributed by atoms with E-state index in [0.29, 0.717) is 6.61 Å². The molecule has 1 atom stereocenters. The molecular weight excluding hydrogens is 304 g/mol. The lowest BCUT2D eigenvalue weighted by Crippen LogP contribution is -2.41. The number of ether oxygens (including phenoxy) is 1. The van der Waals surface area contributed by atoms with Crippen LogP contribution in [0.3, 0.4) is 0 Å². The van der Waals surface area contributed by atoms with Crippen LogP contribution >= 0.6 is 0 Å². The van der Waals surface area contributed by atoms with E-state index >= 15 is 0 Å². The van der Waals surface area contributed by atoms with E-state index < -0.39 is 5.54 Å². The van der Waals surface area contributed by atoms with Gasteiger partial charge in [-0.15, -0.1) is 0 Å². The van der Waals surface area contributed by atoms with Gasteiger partial charge in [-0.1, -0.05) is 18.2 Å². The van der Waals surface area contributed by atoms with Crippen LogP contribution in [-0.2, 0) is 27.9 Å². The van der Waals surface area contributed by atoms with Crippen molar-refractivity contribution in [3.63, 3.8) is 0 Å². The number of hydrogen-bond acceptors (Lipinski definition) is 3. The number of hydrogen-bond donors (Lipinski definition) is 1. The first-order valence-electron chi connectivity index (χ1n) is 8.61. The van der Waals surface area contributed by atoms with Crippen molar-refractivity contribution in [2.24, 2.45) is 0 Å². The Balaban J connectivity index is 1.77. The zero-order valence-corrected chi connectivity index (χ0v) is 14.9. The molecule has 1 aromatic rings. The topological polar surface area (TPSA) is 58.6 Å². The fraction of sp³-hybridized carbons (Fsp3) is 0.579. The average molecular weight is 330 g/mol. The molecule has 1 aromatic carbocycles. The fourth-order valence-corrected chi connectivity index (χ4v) is 3.42. The summed E-state index contributed by atoms with van der Waals surface area (Å²) in [5.41, 5.74) is 2.24. The van der Waals surface area contributed by atoms with Crippen LogP contribution in [-0.4, -0.2) is 35.6 Å². The number of amides is 3. The number of carbonyl (C=O) groups is 2. The van der Waals surface area contributed by atoms with Crippen molar-refractivity contribution < 1.29 is 14.3 Å². The summed E-state index contributed by atoms with van der Waals surface area (Å²) in [4.78, 5) is 26.4. The van der Waals surface area contributed by atoms with Gasteiger partial charge in [-0.25, -0.2) is 4.79 Å². The third-order valence-corrected chi connectivity index (χ3v) is 4.80. The molecule has 1 fully saturated rings. The lowest BCUT2D eigenvalue weighted by Gasteiger charge is -2.24. The van der Waals surface area contributed by atoms with E-state index in [1.807, 2.05) is 26.8 Å². The van der Waals surface area contributed by atoms with Gasteiger partial charge < -0.3 is 10.1 Å². The van der Waals surface area contributed by atoms with E-state index in [1.165, 1.54) is 16.0 Å². The molecular formula is C19H26N2O3. The molecule has 1 heterocycles. The molecule has 3 amide bonds. The van der Waals surface area contributed by atoms with Crippen LogP contribution in [0.1, 0.15) is 50.8 Å². The Hall–Kier alpha value is -1.88. The molecule has 1 aliphatic carbocycles. The molecule has 2 aliphatic rings. The number of urea groups is 1. The number of fused-ring (bicyclic) bond motifs is 1. The first-order valence-corrected chi connectivity index (χ1v) is 8.61. The molecule has 24 heavy (non-hydrogen) atoms. The summed E-state index contributed by atoms with van der Waals surface area (Å²) in [7, 11) is 0. The monoisotopic (exact) mass is 330 g/mol. The second kappa shape index (κ2) is 5.88. The Morgan fingerprint density at radius 1 is 1.21 bits per heavy atom. The number of nitrogens with one attached hydrogen (secondary N) is 1. The molecule has 5 nitrogen and oxygen atoms in total. The summed E-state index contributed by atoms with van der Waals surface area (Å²) in [5, 5.41) is 2.87. The smallest absolute Gasteiger partial charge is 0.325 e. The summed E-state index contributed by atoms with van der Waals surface area (Å²) in [6.07, 6.45) is 3.31. The summed E-state index contributed by atoms with van der Waals surface area (Å²) in [6.45, 7) is 8.24. The summed E-state index contributed by atoms with van der Waals surface area (Å²) in [6, 6.07) is 5.79. The highest BCUT2D eigenvalue weighted by atomic mass is 16.5. The predicted octanol–water partition coefficient (Wildman–Crippen LogP) is 2.76. The molecule has 0 spiro atoms. The Labute approximate surface area is 143 Å². The molecule has 0 unspecified atom stereocenters. The van der Waals surface area contributed by atoms with Crippen LogP contribution in [0.5, 0.6) is 0 Å². The maximum Gasteiger partial charge on any atom is 0.325 e. The number of rotatable bonds is 4. The van der Waals surface area contributed by atoms with Crippen molar-refractivity contribution in [3.8, 4) is 0 Å². The Morgan fingerprint density at radius 2 is 1.92 bits per heavy atom. The van der Waals surface area contributed by atoms with E-state index in [9.17, 15) is 9.59 Å². The van der Waals surface area contributed by atoms with Crippen molar-refractivity contribution in [3.05, 3.63) is 34.9 Å². The maximum atomic E-state index is 12.9. The molecule has 1 N–H and O–H groups in total. The van der Waals surface area contributed by atoms with Gasteiger partial charge in [0.1, 0.15) is 5.54 Å². The van der Waals surface area contributed by atoms with Crippen LogP contribution in [0, 0.1) is 0 Å². The second-order valence-corrected chi connectivity index (χ2v) is 7.81. The van der Waals surface area contributed by atoms with E-state index in [1.54, 1.807) is 6.92 Å². The van der Waals surface area contributed by atoms with Gasteiger partial charge in [0.05, 0.1) is 18.8 Å². The van der Waals surface area contributed by atoms with Crippen molar-refractivity contribution in [2.45, 2.75) is 58.1 Å². The Morgan fingerprint density at radius 3 is 2.62 bits per heavy atom. The van der Waals surface area contributed by atoms with E-state index in [4.69, 9.17) is 4.74 Å². The highest BCUT2D eigenvalue weighted by Crippen LogP contribution is 2.32. The van der Waals surface area contributed by atoms with Gasteiger partial charge in [0.25, 0.3) is 5.91 Å². The van der Waals surface area contributed by atoms with Gasteiger partial charge in [0.15, 0.2) is 0 Å². The third-order valence-electron chi connectivity index (χ3n) is 4.80. The predicted molar refractivity (Wildman–Crippen MR) is 91.8 cm³/mol. The second-order valence-electron chi connectivity index (χ2n) is 7.81. The van der Waals surface area contributed by atoms with Crippen LogP contribution in [0.25, 0.3) is 0 Å². The minimum Gasteiger partial charge on any atom is -0.374 e. The quantitative estimate of drug-likeness (QED) is 0.864. The van der Waals surface area contributed by atoms with E-state index in [2.05, 4.69) is 17.4 Å². The minimum atomic E-state index is -0.990. The molecule has 1 saturated heterocycles. The standard InChI is InChI=1S/C19H26N2O3/c1-18(2,3)24-11-10-21-16(22)19(4,20-17(21)23)15-9-8-13-6-5-7-14(13)12-15/h8-9,12H,5-7,10-11H2,1-4H3,(H,20,23)/t19-/m1/s1. The summed E-state index contributed by atoms with van der Waals surface area (Å²) < 4.78 is 5.65. The minimum absolute atomic E-state index is 0.206. The van der Waals surface area contributed by atoms with Gasteiger partial charge in [0.2, 0.25) is 0 Å². The van der Waals surface area contributed by atoms with Crippen LogP contribution in [0.4, 0.5) is 4.79 Å². The molecule has 5 heteroatoms. The first-order chi connectivity index (χ1) is 11.2. The maximum absolute atomic E-state index is 12.9. The SMILES string of the molecule is CC(C)(C)OCCN1C(=O)N[C@](C)(c2ccc3c(c2)CCC3)C1=O. The van der Waals surface area contributed by atoms with Crippen LogP contribution in [0.2, 0.25) is 0 Å². The number of carbonyl (C=O) groups excluding carboxylic acids is 2.